The molecule has 132 valence electrons. The molecule has 1 amide bonds. The lowest BCUT2D eigenvalue weighted by atomic mass is 10.3. The molecule has 0 atom stereocenters. The number of esters is 1. The average molecular weight is 344 g/mol. The molecule has 0 aliphatic heterocycles. The second-order valence-corrected chi connectivity index (χ2v) is 5.07. The minimum Gasteiger partial charge on any atom is -0.494 e. The summed E-state index contributed by atoms with van der Waals surface area (Å²) in [6, 6.07) is 8.61. The number of likely N-dealkylation sites (N-methyl/N-ethyl adjacent to an activating group) is 1. The van der Waals surface area contributed by atoms with Crippen molar-refractivity contribution in [3.63, 3.8) is 0 Å². The summed E-state index contributed by atoms with van der Waals surface area (Å²) in [7, 11) is 1.66. The first-order valence-corrected chi connectivity index (χ1v) is 7.75. The van der Waals surface area contributed by atoms with Crippen molar-refractivity contribution in [2.24, 2.45) is 0 Å². The zero-order chi connectivity index (χ0) is 18.1. The van der Waals surface area contributed by atoms with Crippen molar-refractivity contribution in [3.05, 3.63) is 42.7 Å². The normalized spacial score (nSPS) is 10.0. The van der Waals surface area contributed by atoms with E-state index >= 15 is 0 Å². The molecule has 2 rings (SSSR count). The SMILES string of the molecule is CCOc1ccc(NC(=O)COC(=O)CN(C)c2ncccn2)cc1. The van der Waals surface area contributed by atoms with Crippen LogP contribution in [0.15, 0.2) is 42.7 Å². The minimum atomic E-state index is -0.545. The van der Waals surface area contributed by atoms with E-state index in [1.165, 1.54) is 4.90 Å². The molecule has 1 aromatic heterocycles. The van der Waals surface area contributed by atoms with Gasteiger partial charge >= 0.3 is 5.97 Å². The zero-order valence-electron chi connectivity index (χ0n) is 14.1. The van der Waals surface area contributed by atoms with E-state index in [9.17, 15) is 9.59 Å². The molecule has 25 heavy (non-hydrogen) atoms. The molecule has 1 heterocycles. The van der Waals surface area contributed by atoms with Crippen molar-refractivity contribution in [2.45, 2.75) is 6.92 Å². The maximum absolute atomic E-state index is 11.8. The Labute approximate surface area is 145 Å². The molecule has 0 bridgehead atoms. The Balaban J connectivity index is 1.74. The lowest BCUT2D eigenvalue weighted by molar-refractivity contribution is -0.145. The van der Waals surface area contributed by atoms with Gasteiger partial charge in [0.2, 0.25) is 5.95 Å². The molecule has 0 saturated heterocycles. The van der Waals surface area contributed by atoms with Gasteiger partial charge in [-0.25, -0.2) is 9.97 Å². The van der Waals surface area contributed by atoms with Crippen LogP contribution < -0.4 is 15.0 Å². The van der Waals surface area contributed by atoms with Crippen molar-refractivity contribution in [1.82, 2.24) is 9.97 Å². The van der Waals surface area contributed by atoms with E-state index in [4.69, 9.17) is 9.47 Å². The van der Waals surface area contributed by atoms with Crippen molar-refractivity contribution >= 4 is 23.5 Å². The van der Waals surface area contributed by atoms with Crippen LogP contribution in [0.1, 0.15) is 6.92 Å². The smallest absolute Gasteiger partial charge is 0.326 e. The summed E-state index contributed by atoms with van der Waals surface area (Å²) in [5.41, 5.74) is 0.597. The summed E-state index contributed by atoms with van der Waals surface area (Å²) < 4.78 is 10.3. The third-order valence-corrected chi connectivity index (χ3v) is 3.07. The van der Waals surface area contributed by atoms with Gasteiger partial charge in [0.1, 0.15) is 12.3 Å². The number of ether oxygens (including phenoxy) is 2. The van der Waals surface area contributed by atoms with Crippen LogP contribution in [0.3, 0.4) is 0 Å². The van der Waals surface area contributed by atoms with Crippen LogP contribution in [0.25, 0.3) is 0 Å². The van der Waals surface area contributed by atoms with E-state index in [2.05, 4.69) is 15.3 Å². The Bertz CT molecular complexity index is 692. The van der Waals surface area contributed by atoms with Gasteiger partial charge in [0.05, 0.1) is 6.61 Å². The summed E-state index contributed by atoms with van der Waals surface area (Å²) in [5, 5.41) is 2.64. The molecule has 8 heteroatoms. The predicted molar refractivity (Wildman–Crippen MR) is 92.5 cm³/mol. The van der Waals surface area contributed by atoms with E-state index in [-0.39, 0.29) is 13.2 Å². The van der Waals surface area contributed by atoms with Gasteiger partial charge in [0.25, 0.3) is 5.91 Å². The van der Waals surface area contributed by atoms with E-state index < -0.39 is 11.9 Å². The molecule has 0 fully saturated rings. The number of benzene rings is 1. The third-order valence-electron chi connectivity index (χ3n) is 3.07. The highest BCUT2D eigenvalue weighted by Crippen LogP contribution is 2.15. The highest BCUT2D eigenvalue weighted by Gasteiger charge is 2.12. The summed E-state index contributed by atoms with van der Waals surface area (Å²) in [6.07, 6.45) is 3.16. The Hall–Kier alpha value is -3.16. The van der Waals surface area contributed by atoms with E-state index in [0.29, 0.717) is 18.2 Å². The molecular weight excluding hydrogens is 324 g/mol. The van der Waals surface area contributed by atoms with Gasteiger partial charge in [0, 0.05) is 25.1 Å². The lowest BCUT2D eigenvalue weighted by Gasteiger charge is -2.15. The first-order chi connectivity index (χ1) is 12.1. The molecule has 2 aromatic rings. The molecule has 1 N–H and O–H groups in total. The number of aromatic nitrogens is 2. The van der Waals surface area contributed by atoms with Gasteiger partial charge in [0.15, 0.2) is 6.61 Å². The van der Waals surface area contributed by atoms with Crippen LogP contribution in [0.2, 0.25) is 0 Å². The Kier molecular flexibility index (Phi) is 6.70. The standard InChI is InChI=1S/C17H20N4O4/c1-3-24-14-7-5-13(6-8-14)20-15(22)12-25-16(23)11-21(2)17-18-9-4-10-19-17/h4-10H,3,11-12H2,1-2H3,(H,20,22). The quantitative estimate of drug-likeness (QED) is 0.725. The van der Waals surface area contributed by atoms with Crippen molar-refractivity contribution in [1.29, 1.82) is 0 Å². The number of carbonyl (C=O) groups excluding carboxylic acids is 2. The molecule has 0 aliphatic carbocycles. The number of nitrogens with one attached hydrogen (secondary N) is 1. The summed E-state index contributed by atoms with van der Waals surface area (Å²) in [6.45, 7) is 2.05. The van der Waals surface area contributed by atoms with Crippen molar-refractivity contribution < 1.29 is 19.1 Å². The summed E-state index contributed by atoms with van der Waals surface area (Å²) in [4.78, 5) is 33.2. The monoisotopic (exact) mass is 344 g/mol. The first-order valence-electron chi connectivity index (χ1n) is 7.75. The van der Waals surface area contributed by atoms with Gasteiger partial charge < -0.3 is 19.7 Å². The average Bonchev–Trinajstić information content (AvgIpc) is 2.62. The van der Waals surface area contributed by atoms with Gasteiger partial charge in [-0.05, 0) is 37.3 Å². The number of rotatable bonds is 8. The molecular formula is C17H20N4O4. The van der Waals surface area contributed by atoms with E-state index in [1.54, 1.807) is 49.8 Å². The Morgan fingerprint density at radius 3 is 2.48 bits per heavy atom. The van der Waals surface area contributed by atoms with Gasteiger partial charge in [-0.3, -0.25) is 9.59 Å². The topological polar surface area (TPSA) is 93.6 Å². The molecule has 8 nitrogen and oxygen atoms in total. The van der Waals surface area contributed by atoms with Gasteiger partial charge in [-0.2, -0.15) is 0 Å². The number of anilines is 2. The van der Waals surface area contributed by atoms with Gasteiger partial charge in [-0.1, -0.05) is 0 Å². The fraction of sp³-hybridized carbons (Fsp3) is 0.294. The highest BCUT2D eigenvalue weighted by molar-refractivity contribution is 5.93. The maximum Gasteiger partial charge on any atom is 0.326 e. The second kappa shape index (κ2) is 9.21. The van der Waals surface area contributed by atoms with E-state index in [1.807, 2.05) is 6.92 Å². The van der Waals surface area contributed by atoms with Crippen LogP contribution in [0, 0.1) is 0 Å². The largest absolute Gasteiger partial charge is 0.494 e. The molecule has 0 saturated carbocycles. The van der Waals surface area contributed by atoms with Gasteiger partial charge in [-0.15, -0.1) is 0 Å². The maximum atomic E-state index is 11.8. The summed E-state index contributed by atoms with van der Waals surface area (Å²) >= 11 is 0. The number of carbonyl (C=O) groups is 2. The van der Waals surface area contributed by atoms with Crippen LogP contribution in [0.4, 0.5) is 11.6 Å². The van der Waals surface area contributed by atoms with Crippen molar-refractivity contribution in [3.8, 4) is 5.75 Å². The van der Waals surface area contributed by atoms with Crippen LogP contribution in [0.5, 0.6) is 5.75 Å². The molecule has 0 radical (unpaired) electrons. The second-order valence-electron chi connectivity index (χ2n) is 5.07. The zero-order valence-corrected chi connectivity index (χ0v) is 14.1. The Morgan fingerprint density at radius 1 is 1.16 bits per heavy atom. The van der Waals surface area contributed by atoms with E-state index in [0.717, 1.165) is 5.75 Å². The fourth-order valence-electron chi connectivity index (χ4n) is 1.94. The van der Waals surface area contributed by atoms with Crippen LogP contribution in [-0.2, 0) is 14.3 Å². The number of nitrogens with zero attached hydrogens (tertiary/aromatic N) is 3. The van der Waals surface area contributed by atoms with Crippen LogP contribution in [-0.4, -0.2) is 48.7 Å². The highest BCUT2D eigenvalue weighted by atomic mass is 16.5. The summed E-state index contributed by atoms with van der Waals surface area (Å²) in [5.74, 6) is 0.157. The molecule has 1 aromatic carbocycles. The first kappa shape index (κ1) is 18.2. The van der Waals surface area contributed by atoms with Crippen molar-refractivity contribution in [2.75, 3.05) is 37.0 Å². The van der Waals surface area contributed by atoms with Crippen LogP contribution >= 0.6 is 0 Å². The molecule has 0 spiro atoms. The fourth-order valence-corrected chi connectivity index (χ4v) is 1.94. The molecule has 0 unspecified atom stereocenters. The number of hydrogen-bond donors (Lipinski definition) is 1. The number of amides is 1. The minimum absolute atomic E-state index is 0.0552. The predicted octanol–water partition coefficient (Wildman–Crippen LogP) is 1.49. The number of hydrogen-bond acceptors (Lipinski definition) is 7. The third kappa shape index (κ3) is 6.09. The lowest BCUT2D eigenvalue weighted by Crippen LogP contribution is -2.30. The molecule has 0 aliphatic rings. The Morgan fingerprint density at radius 2 is 1.84 bits per heavy atom.